The van der Waals surface area contributed by atoms with Crippen LogP contribution in [0.3, 0.4) is 0 Å². The van der Waals surface area contributed by atoms with Crippen molar-refractivity contribution in [3.05, 3.63) is 58.4 Å². The first-order valence-electron chi connectivity index (χ1n) is 5.69. The van der Waals surface area contributed by atoms with Crippen LogP contribution in [0.25, 0.3) is 11.1 Å². The summed E-state index contributed by atoms with van der Waals surface area (Å²) in [7, 11) is 0. The number of halogens is 1. The van der Waals surface area contributed by atoms with Gasteiger partial charge in [-0.05, 0) is 18.2 Å². The van der Waals surface area contributed by atoms with Crippen molar-refractivity contribution in [3.8, 4) is 0 Å². The predicted octanol–water partition coefficient (Wildman–Crippen LogP) is 3.62. The van der Waals surface area contributed by atoms with Crippen molar-refractivity contribution in [1.29, 1.82) is 0 Å². The number of rotatable bonds is 3. The summed E-state index contributed by atoms with van der Waals surface area (Å²) in [6.07, 6.45) is 0. The molecular formula is C13H8FN3O3. The van der Waals surface area contributed by atoms with E-state index in [-0.39, 0.29) is 11.7 Å². The van der Waals surface area contributed by atoms with Crippen molar-refractivity contribution in [2.75, 3.05) is 5.32 Å². The van der Waals surface area contributed by atoms with E-state index in [2.05, 4.69) is 10.3 Å². The van der Waals surface area contributed by atoms with Crippen molar-refractivity contribution < 1.29 is 13.7 Å². The molecule has 0 fully saturated rings. The van der Waals surface area contributed by atoms with Gasteiger partial charge in [0.25, 0.3) is 11.7 Å². The highest BCUT2D eigenvalue weighted by atomic mass is 19.1. The molecule has 6 nitrogen and oxygen atoms in total. The molecule has 0 atom stereocenters. The monoisotopic (exact) mass is 273 g/mol. The lowest BCUT2D eigenvalue weighted by Gasteiger charge is -2.00. The summed E-state index contributed by atoms with van der Waals surface area (Å²) in [4.78, 5) is 14.2. The molecule has 100 valence electrons. The van der Waals surface area contributed by atoms with Gasteiger partial charge in [0, 0.05) is 23.9 Å². The molecule has 1 N–H and O–H groups in total. The molecule has 2 aromatic carbocycles. The fourth-order valence-corrected chi connectivity index (χ4v) is 1.77. The van der Waals surface area contributed by atoms with Crippen LogP contribution in [-0.2, 0) is 0 Å². The van der Waals surface area contributed by atoms with E-state index in [9.17, 15) is 14.5 Å². The van der Waals surface area contributed by atoms with Gasteiger partial charge in [0.2, 0.25) is 0 Å². The maximum Gasteiger partial charge on any atom is 0.300 e. The lowest BCUT2D eigenvalue weighted by atomic mass is 10.3. The maximum atomic E-state index is 13.0. The Kier molecular flexibility index (Phi) is 2.79. The topological polar surface area (TPSA) is 81.2 Å². The van der Waals surface area contributed by atoms with Crippen LogP contribution in [0.15, 0.2) is 46.9 Å². The Morgan fingerprint density at radius 3 is 2.90 bits per heavy atom. The average Bonchev–Trinajstić information content (AvgIpc) is 2.80. The van der Waals surface area contributed by atoms with Crippen LogP contribution in [0.4, 0.5) is 21.8 Å². The molecule has 0 radical (unpaired) electrons. The number of hydrogen-bond donors (Lipinski definition) is 1. The largest absolute Gasteiger partial charge is 0.423 e. The van der Waals surface area contributed by atoms with E-state index in [0.717, 1.165) is 0 Å². The van der Waals surface area contributed by atoms with Crippen LogP contribution < -0.4 is 5.32 Å². The molecule has 0 aliphatic carbocycles. The quantitative estimate of drug-likeness (QED) is 0.582. The van der Waals surface area contributed by atoms with Gasteiger partial charge in [0.15, 0.2) is 5.58 Å². The van der Waals surface area contributed by atoms with Gasteiger partial charge in [-0.15, -0.1) is 0 Å². The molecule has 3 rings (SSSR count). The first kappa shape index (κ1) is 12.1. The van der Waals surface area contributed by atoms with Crippen molar-refractivity contribution in [1.82, 2.24) is 4.98 Å². The van der Waals surface area contributed by atoms with E-state index in [1.165, 1.54) is 30.3 Å². The summed E-state index contributed by atoms with van der Waals surface area (Å²) in [5.41, 5.74) is 1.22. The number of nitro benzene ring substituents is 1. The number of anilines is 2. The van der Waals surface area contributed by atoms with Gasteiger partial charge < -0.3 is 9.73 Å². The second-order valence-electron chi connectivity index (χ2n) is 4.06. The van der Waals surface area contributed by atoms with Gasteiger partial charge in [0.05, 0.1) is 4.92 Å². The summed E-state index contributed by atoms with van der Waals surface area (Å²) in [5.74, 6) is -0.410. The van der Waals surface area contributed by atoms with Crippen molar-refractivity contribution in [2.45, 2.75) is 0 Å². The number of nitrogens with zero attached hydrogens (tertiary/aromatic N) is 2. The van der Waals surface area contributed by atoms with Crippen LogP contribution >= 0.6 is 0 Å². The minimum atomic E-state index is -0.493. The SMILES string of the molecule is O=[N+]([O-])c1cccc(Nc2nc3cc(F)ccc3o2)c1. The summed E-state index contributed by atoms with van der Waals surface area (Å²) < 4.78 is 18.4. The van der Waals surface area contributed by atoms with Gasteiger partial charge in [-0.1, -0.05) is 6.07 Å². The van der Waals surface area contributed by atoms with Gasteiger partial charge in [-0.3, -0.25) is 10.1 Å². The number of hydrogen-bond acceptors (Lipinski definition) is 5. The zero-order valence-corrected chi connectivity index (χ0v) is 10.0. The third-order valence-electron chi connectivity index (χ3n) is 2.66. The summed E-state index contributed by atoms with van der Waals surface area (Å²) >= 11 is 0. The molecule has 0 aliphatic heterocycles. The van der Waals surface area contributed by atoms with Crippen molar-refractivity contribution in [2.24, 2.45) is 0 Å². The van der Waals surface area contributed by atoms with E-state index in [1.54, 1.807) is 12.1 Å². The van der Waals surface area contributed by atoms with Crippen LogP contribution in [0, 0.1) is 15.9 Å². The van der Waals surface area contributed by atoms with E-state index in [4.69, 9.17) is 4.42 Å². The number of fused-ring (bicyclic) bond motifs is 1. The van der Waals surface area contributed by atoms with Gasteiger partial charge in [-0.25, -0.2) is 4.39 Å². The minimum Gasteiger partial charge on any atom is -0.423 e. The summed E-state index contributed by atoms with van der Waals surface area (Å²) in [6.45, 7) is 0. The molecule has 1 heterocycles. The number of benzene rings is 2. The molecule has 20 heavy (non-hydrogen) atoms. The van der Waals surface area contributed by atoms with Crippen LogP contribution in [0.1, 0.15) is 0 Å². The Morgan fingerprint density at radius 2 is 2.10 bits per heavy atom. The number of nitrogens with one attached hydrogen (secondary N) is 1. The summed E-state index contributed by atoms with van der Waals surface area (Å²) in [6, 6.07) is 10.1. The molecule has 0 bridgehead atoms. The lowest BCUT2D eigenvalue weighted by molar-refractivity contribution is -0.384. The molecule has 0 amide bonds. The van der Waals surface area contributed by atoms with E-state index < -0.39 is 10.7 Å². The molecule has 0 saturated carbocycles. The molecule has 7 heteroatoms. The molecule has 0 aliphatic rings. The highest BCUT2D eigenvalue weighted by Gasteiger charge is 2.09. The number of aromatic nitrogens is 1. The standard InChI is InChI=1S/C13H8FN3O3/c14-8-4-5-12-11(6-8)16-13(20-12)15-9-2-1-3-10(7-9)17(18)19/h1-7H,(H,15,16). The van der Waals surface area contributed by atoms with Gasteiger partial charge in [-0.2, -0.15) is 4.98 Å². The number of nitro groups is 1. The van der Waals surface area contributed by atoms with E-state index in [1.807, 2.05) is 0 Å². The van der Waals surface area contributed by atoms with Crippen molar-refractivity contribution >= 4 is 28.5 Å². The zero-order chi connectivity index (χ0) is 14.1. The minimum absolute atomic E-state index is 0.0443. The van der Waals surface area contributed by atoms with Gasteiger partial charge in [0.1, 0.15) is 11.3 Å². The molecule has 1 aromatic heterocycles. The third kappa shape index (κ3) is 2.28. The van der Waals surface area contributed by atoms with Crippen molar-refractivity contribution in [3.63, 3.8) is 0 Å². The smallest absolute Gasteiger partial charge is 0.300 e. The fourth-order valence-electron chi connectivity index (χ4n) is 1.77. The predicted molar refractivity (Wildman–Crippen MR) is 70.3 cm³/mol. The molecular weight excluding hydrogens is 265 g/mol. The first-order valence-corrected chi connectivity index (χ1v) is 5.69. The molecule has 3 aromatic rings. The fraction of sp³-hybridized carbons (Fsp3) is 0. The van der Waals surface area contributed by atoms with Crippen LogP contribution in [0.5, 0.6) is 0 Å². The zero-order valence-electron chi connectivity index (χ0n) is 10.0. The van der Waals surface area contributed by atoms with E-state index >= 15 is 0 Å². The average molecular weight is 273 g/mol. The van der Waals surface area contributed by atoms with Gasteiger partial charge >= 0.3 is 0 Å². The lowest BCUT2D eigenvalue weighted by Crippen LogP contribution is -1.92. The second-order valence-corrected chi connectivity index (χ2v) is 4.06. The normalized spacial score (nSPS) is 10.7. The Labute approximate surface area is 112 Å². The maximum absolute atomic E-state index is 13.0. The number of non-ortho nitro benzene ring substituents is 1. The van der Waals surface area contributed by atoms with Crippen LogP contribution in [0.2, 0.25) is 0 Å². The summed E-state index contributed by atoms with van der Waals surface area (Å²) in [5, 5.41) is 13.5. The van der Waals surface area contributed by atoms with Crippen LogP contribution in [-0.4, -0.2) is 9.91 Å². The Hall–Kier alpha value is -2.96. The first-order chi connectivity index (χ1) is 9.61. The Morgan fingerprint density at radius 1 is 1.25 bits per heavy atom. The molecule has 0 saturated heterocycles. The molecule has 0 unspecified atom stereocenters. The Balaban J connectivity index is 1.92. The molecule has 0 spiro atoms. The highest BCUT2D eigenvalue weighted by molar-refractivity contribution is 5.75. The Bertz CT molecular complexity index is 800. The second kappa shape index (κ2) is 4.61. The number of oxazole rings is 1. The third-order valence-corrected chi connectivity index (χ3v) is 2.66. The highest BCUT2D eigenvalue weighted by Crippen LogP contribution is 2.24. The van der Waals surface area contributed by atoms with E-state index in [0.29, 0.717) is 16.8 Å².